The van der Waals surface area contributed by atoms with E-state index in [4.69, 9.17) is 22.7 Å². The van der Waals surface area contributed by atoms with Crippen molar-refractivity contribution in [1.29, 1.82) is 5.41 Å². The van der Waals surface area contributed by atoms with E-state index >= 15 is 0 Å². The van der Waals surface area contributed by atoms with Crippen LogP contribution in [0.25, 0.3) is 0 Å². The van der Waals surface area contributed by atoms with E-state index < -0.39 is 60.1 Å². The van der Waals surface area contributed by atoms with Crippen LogP contribution in [-0.4, -0.2) is 46.9 Å². The van der Waals surface area contributed by atoms with Crippen LogP contribution in [0.15, 0.2) is 30.3 Å². The second kappa shape index (κ2) is 10.3. The van der Waals surface area contributed by atoms with Gasteiger partial charge in [-0.1, -0.05) is 11.6 Å². The lowest BCUT2D eigenvalue weighted by Crippen LogP contribution is -2.59. The molecule has 2 aromatic carbocycles. The summed E-state index contributed by atoms with van der Waals surface area (Å²) in [5, 5.41) is 20.0. The first kappa shape index (κ1) is 25.2. The lowest BCUT2D eigenvalue weighted by atomic mass is 9.98. The zero-order valence-electron chi connectivity index (χ0n) is 17.3. The highest BCUT2D eigenvalue weighted by Gasteiger charge is 2.40. The summed E-state index contributed by atoms with van der Waals surface area (Å²) >= 11 is 5.84. The molecule has 1 aliphatic heterocycles. The van der Waals surface area contributed by atoms with E-state index in [2.05, 4.69) is 10.1 Å². The van der Waals surface area contributed by atoms with Crippen LogP contribution in [0.4, 0.5) is 17.6 Å². The van der Waals surface area contributed by atoms with Crippen LogP contribution in [0.5, 0.6) is 5.75 Å². The molecule has 0 saturated carbocycles. The fourth-order valence-electron chi connectivity index (χ4n) is 3.37. The number of ether oxygens (including phenoxy) is 1. The Hall–Kier alpha value is -3.38. The minimum Gasteiger partial charge on any atom is -0.435 e. The van der Waals surface area contributed by atoms with Crippen molar-refractivity contribution in [3.63, 3.8) is 0 Å². The topological polar surface area (TPSA) is 129 Å². The van der Waals surface area contributed by atoms with Crippen molar-refractivity contribution in [1.82, 2.24) is 10.2 Å². The van der Waals surface area contributed by atoms with E-state index in [9.17, 15) is 32.3 Å². The predicted molar refractivity (Wildman–Crippen MR) is 112 cm³/mol. The minimum absolute atomic E-state index is 0.0528. The Morgan fingerprint density at radius 3 is 2.53 bits per heavy atom. The molecular weight excluding hydrogens is 484 g/mol. The summed E-state index contributed by atoms with van der Waals surface area (Å²) in [5.74, 6) is -4.37. The number of nitrogens with zero attached hydrogens (tertiary/aromatic N) is 1. The number of amidine groups is 1. The normalized spacial score (nSPS) is 16.1. The molecule has 1 heterocycles. The van der Waals surface area contributed by atoms with Crippen LogP contribution in [0.2, 0.25) is 5.02 Å². The number of likely N-dealkylation sites (tertiary alicyclic amines) is 1. The van der Waals surface area contributed by atoms with E-state index in [1.54, 1.807) is 0 Å². The van der Waals surface area contributed by atoms with Crippen molar-refractivity contribution in [2.24, 2.45) is 5.73 Å². The van der Waals surface area contributed by atoms with Gasteiger partial charge in [-0.05, 0) is 42.3 Å². The number of rotatable bonds is 8. The average molecular weight is 503 g/mol. The molecule has 5 N–H and O–H groups in total. The van der Waals surface area contributed by atoms with E-state index in [-0.39, 0.29) is 34.9 Å². The fraction of sp³-hybridized carbons (Fsp3) is 0.286. The van der Waals surface area contributed by atoms with Gasteiger partial charge in [-0.2, -0.15) is 8.78 Å². The third-order valence-corrected chi connectivity index (χ3v) is 5.37. The van der Waals surface area contributed by atoms with Crippen molar-refractivity contribution < 1.29 is 37.0 Å². The van der Waals surface area contributed by atoms with Gasteiger partial charge in [0.15, 0.2) is 6.10 Å². The molecule has 3 rings (SSSR count). The maximum absolute atomic E-state index is 14.1. The zero-order valence-corrected chi connectivity index (χ0v) is 18.1. The monoisotopic (exact) mass is 502 g/mol. The Bertz CT molecular complexity index is 1130. The van der Waals surface area contributed by atoms with Crippen LogP contribution in [0.1, 0.15) is 29.2 Å². The van der Waals surface area contributed by atoms with Crippen LogP contribution in [-0.2, 0) is 16.1 Å². The largest absolute Gasteiger partial charge is 0.435 e. The lowest BCUT2D eigenvalue weighted by molar-refractivity contribution is -0.154. The smallest absolute Gasteiger partial charge is 0.387 e. The quantitative estimate of drug-likeness (QED) is 0.250. The first-order chi connectivity index (χ1) is 16.0. The van der Waals surface area contributed by atoms with Crippen molar-refractivity contribution in [3.8, 4) is 5.75 Å². The molecule has 2 aromatic rings. The SMILES string of the molecule is N=C(N)c1cc(F)c(CNC(=O)[C@@H]2CCN2C(=O)C(O)c2cc(Cl)cc(OC(F)F)c2)cc1F. The molecule has 2 amide bonds. The van der Waals surface area contributed by atoms with E-state index in [0.29, 0.717) is 0 Å². The molecule has 13 heteroatoms. The number of hydrogen-bond donors (Lipinski definition) is 4. The van der Waals surface area contributed by atoms with Crippen LogP contribution in [0, 0.1) is 17.0 Å². The van der Waals surface area contributed by atoms with Crippen LogP contribution in [0.3, 0.4) is 0 Å². The Morgan fingerprint density at radius 2 is 1.94 bits per heavy atom. The third-order valence-electron chi connectivity index (χ3n) is 5.15. The Morgan fingerprint density at radius 1 is 1.24 bits per heavy atom. The van der Waals surface area contributed by atoms with E-state index in [1.165, 1.54) is 6.07 Å². The molecule has 0 spiro atoms. The zero-order chi connectivity index (χ0) is 25.2. The highest BCUT2D eigenvalue weighted by atomic mass is 35.5. The molecular formula is C21H19ClF4N4O4. The average Bonchev–Trinajstić information content (AvgIpc) is 2.71. The summed E-state index contributed by atoms with van der Waals surface area (Å²) < 4.78 is 57.3. The number of nitrogens with two attached hydrogens (primary N) is 1. The van der Waals surface area contributed by atoms with Gasteiger partial charge < -0.3 is 25.8 Å². The number of aliphatic hydroxyl groups excluding tert-OH is 1. The number of alkyl halides is 2. The number of nitrogens with one attached hydrogen (secondary N) is 2. The molecule has 182 valence electrons. The molecule has 1 saturated heterocycles. The van der Waals surface area contributed by atoms with Crippen molar-refractivity contribution >= 4 is 29.3 Å². The highest BCUT2D eigenvalue weighted by Crippen LogP contribution is 2.29. The second-order valence-electron chi connectivity index (χ2n) is 7.39. The fourth-order valence-corrected chi connectivity index (χ4v) is 3.60. The molecule has 0 radical (unpaired) electrons. The summed E-state index contributed by atoms with van der Waals surface area (Å²) in [6.45, 7) is -3.41. The maximum Gasteiger partial charge on any atom is 0.387 e. The number of benzene rings is 2. The molecule has 1 aliphatic rings. The first-order valence-corrected chi connectivity index (χ1v) is 10.2. The summed E-state index contributed by atoms with van der Waals surface area (Å²) in [6, 6.07) is 3.86. The predicted octanol–water partition coefficient (Wildman–Crippen LogP) is 2.45. The van der Waals surface area contributed by atoms with Gasteiger partial charge in [0.05, 0.1) is 5.56 Å². The first-order valence-electron chi connectivity index (χ1n) is 9.81. The molecule has 1 unspecified atom stereocenters. The lowest BCUT2D eigenvalue weighted by Gasteiger charge is -2.40. The number of carbonyl (C=O) groups is 2. The van der Waals surface area contributed by atoms with Crippen LogP contribution >= 0.6 is 11.6 Å². The van der Waals surface area contributed by atoms with Gasteiger partial charge in [0.1, 0.15) is 29.3 Å². The number of aliphatic hydroxyl groups is 1. The van der Waals surface area contributed by atoms with Gasteiger partial charge in [0.25, 0.3) is 5.91 Å². The Kier molecular flexibility index (Phi) is 7.62. The van der Waals surface area contributed by atoms with Crippen molar-refractivity contribution in [2.75, 3.05) is 6.54 Å². The molecule has 8 nitrogen and oxygen atoms in total. The molecule has 0 bridgehead atoms. The second-order valence-corrected chi connectivity index (χ2v) is 7.83. The van der Waals surface area contributed by atoms with Gasteiger partial charge in [0, 0.05) is 23.7 Å². The van der Waals surface area contributed by atoms with E-state index in [0.717, 1.165) is 29.2 Å². The molecule has 1 fully saturated rings. The maximum atomic E-state index is 14.1. The number of carbonyl (C=O) groups excluding carboxylic acids is 2. The van der Waals surface area contributed by atoms with Gasteiger partial charge in [-0.3, -0.25) is 15.0 Å². The van der Waals surface area contributed by atoms with Crippen molar-refractivity contribution in [2.45, 2.75) is 31.7 Å². The third kappa shape index (κ3) is 5.57. The minimum atomic E-state index is -3.14. The molecule has 34 heavy (non-hydrogen) atoms. The highest BCUT2D eigenvalue weighted by molar-refractivity contribution is 6.30. The number of hydrogen-bond acceptors (Lipinski definition) is 5. The molecule has 0 aromatic heterocycles. The standard InChI is InChI=1S/C21H19ClF4N4O4/c22-11-3-9(4-12(6-11)34-21(25)26)17(31)20(33)30-2-1-16(30)19(32)29-8-10-5-15(24)13(18(27)28)7-14(10)23/h3-7,16-17,21,31H,1-2,8H2,(H3,27,28)(H,29,32)/t16-,17?/m0/s1. The van der Waals surface area contributed by atoms with Gasteiger partial charge in [-0.25, -0.2) is 8.78 Å². The van der Waals surface area contributed by atoms with Crippen LogP contribution < -0.4 is 15.8 Å². The Labute approximate surface area is 195 Å². The van der Waals surface area contributed by atoms with Gasteiger partial charge in [0.2, 0.25) is 5.91 Å². The van der Waals surface area contributed by atoms with Gasteiger partial charge >= 0.3 is 6.61 Å². The number of amides is 2. The summed E-state index contributed by atoms with van der Waals surface area (Å²) in [4.78, 5) is 26.2. The molecule has 2 atom stereocenters. The van der Waals surface area contributed by atoms with E-state index in [1.807, 2.05) is 0 Å². The van der Waals surface area contributed by atoms with Crippen molar-refractivity contribution in [3.05, 3.63) is 63.7 Å². The summed E-state index contributed by atoms with van der Waals surface area (Å²) in [6.07, 6.45) is -1.56. The van der Waals surface area contributed by atoms with Gasteiger partial charge in [-0.15, -0.1) is 0 Å². The molecule has 0 aliphatic carbocycles. The summed E-state index contributed by atoms with van der Waals surface area (Å²) in [7, 11) is 0. The Balaban J connectivity index is 1.65. The number of nitrogen functional groups attached to an aromatic ring is 1. The number of halogens is 5. The summed E-state index contributed by atoms with van der Waals surface area (Å²) in [5.41, 5.74) is 4.45.